The molecule has 0 spiro atoms. The van der Waals surface area contributed by atoms with Gasteiger partial charge in [-0.2, -0.15) is 0 Å². The first-order chi connectivity index (χ1) is 16.0. The first kappa shape index (κ1) is 23.2. The van der Waals surface area contributed by atoms with Crippen LogP contribution >= 0.6 is 0 Å². The lowest BCUT2D eigenvalue weighted by Crippen LogP contribution is -2.44. The highest BCUT2D eigenvalue weighted by molar-refractivity contribution is 5.92. The molecule has 0 aliphatic carbocycles. The zero-order chi connectivity index (χ0) is 23.6. The summed E-state index contributed by atoms with van der Waals surface area (Å²) < 4.78 is 15.6. The Morgan fingerprint density at radius 1 is 0.606 bits per heavy atom. The van der Waals surface area contributed by atoms with Crippen LogP contribution in [0.15, 0.2) is 91.0 Å². The number of benzene rings is 3. The van der Waals surface area contributed by atoms with E-state index in [0.29, 0.717) is 0 Å². The van der Waals surface area contributed by atoms with Crippen molar-refractivity contribution in [1.82, 2.24) is 0 Å². The summed E-state index contributed by atoms with van der Waals surface area (Å²) >= 11 is 0. The van der Waals surface area contributed by atoms with Gasteiger partial charge in [-0.1, -0.05) is 54.6 Å². The fourth-order valence-electron chi connectivity index (χ4n) is 2.82. The number of carbonyl (C=O) groups excluding carboxylic acids is 3. The molecule has 0 heterocycles. The van der Waals surface area contributed by atoms with Gasteiger partial charge in [0.25, 0.3) is 0 Å². The number of rotatable bonds is 9. The Bertz CT molecular complexity index is 1100. The highest BCUT2D eigenvalue weighted by atomic mass is 16.6. The second-order valence-electron chi connectivity index (χ2n) is 6.80. The summed E-state index contributed by atoms with van der Waals surface area (Å²) in [6.45, 7) is -0.647. The normalized spacial score (nSPS) is 12.1. The molecule has 3 rings (SSSR count). The van der Waals surface area contributed by atoms with Gasteiger partial charge in [0.1, 0.15) is 6.61 Å². The lowest BCUT2D eigenvalue weighted by molar-refractivity contribution is -0.155. The van der Waals surface area contributed by atoms with E-state index in [1.165, 1.54) is 36.4 Å². The van der Waals surface area contributed by atoms with Crippen molar-refractivity contribution in [2.75, 3.05) is 6.61 Å². The minimum atomic E-state index is -1.92. The third-order valence-corrected chi connectivity index (χ3v) is 4.48. The van der Waals surface area contributed by atoms with Crippen molar-refractivity contribution in [2.45, 2.75) is 12.2 Å². The molecule has 3 aromatic rings. The molecule has 0 amide bonds. The van der Waals surface area contributed by atoms with E-state index in [0.717, 1.165) is 0 Å². The summed E-state index contributed by atoms with van der Waals surface area (Å²) in [4.78, 5) is 49.3. The first-order valence-corrected chi connectivity index (χ1v) is 9.92. The van der Waals surface area contributed by atoms with Gasteiger partial charge in [0.05, 0.1) is 16.7 Å². The molecule has 0 aromatic heterocycles. The Hall–Kier alpha value is -4.46. The number of esters is 3. The predicted octanol–water partition coefficient (Wildman–Crippen LogP) is 3.38. The van der Waals surface area contributed by atoms with Gasteiger partial charge in [0.15, 0.2) is 6.10 Å². The van der Waals surface area contributed by atoms with E-state index in [9.17, 15) is 24.3 Å². The zero-order valence-electron chi connectivity index (χ0n) is 17.3. The number of ether oxygens (including phenoxy) is 3. The number of carbonyl (C=O) groups is 4. The van der Waals surface area contributed by atoms with Gasteiger partial charge < -0.3 is 19.3 Å². The summed E-state index contributed by atoms with van der Waals surface area (Å²) in [6.07, 6.45) is -3.52. The SMILES string of the molecule is O=C(OC[C@@H](OC(=O)c1ccccc1)[C@@H](OC(=O)c1ccccc1)C(=O)O)c1ccccc1. The third-order valence-electron chi connectivity index (χ3n) is 4.48. The smallest absolute Gasteiger partial charge is 0.349 e. The summed E-state index contributed by atoms with van der Waals surface area (Å²) in [5.74, 6) is -4.12. The van der Waals surface area contributed by atoms with Crippen molar-refractivity contribution in [3.05, 3.63) is 108 Å². The van der Waals surface area contributed by atoms with Crippen molar-refractivity contribution >= 4 is 23.9 Å². The molecule has 0 saturated carbocycles. The molecule has 0 fully saturated rings. The van der Waals surface area contributed by atoms with Crippen LogP contribution in [0, 0.1) is 0 Å². The second kappa shape index (κ2) is 11.2. The Kier molecular flexibility index (Phi) is 7.91. The van der Waals surface area contributed by atoms with Crippen LogP contribution in [0.2, 0.25) is 0 Å². The van der Waals surface area contributed by atoms with E-state index in [4.69, 9.17) is 14.2 Å². The Morgan fingerprint density at radius 3 is 1.42 bits per heavy atom. The van der Waals surface area contributed by atoms with Crippen LogP contribution in [0.4, 0.5) is 0 Å². The summed E-state index contributed by atoms with van der Waals surface area (Å²) in [7, 11) is 0. The average molecular weight is 448 g/mol. The third kappa shape index (κ3) is 6.51. The Morgan fingerprint density at radius 2 is 1.00 bits per heavy atom. The van der Waals surface area contributed by atoms with Gasteiger partial charge in [-0.05, 0) is 36.4 Å². The number of carboxylic acids is 1. The molecule has 0 radical (unpaired) electrons. The standard InChI is InChI=1S/C25H20O8/c26-22(27)21(33-25(30)19-14-8-3-9-15-19)20(32-24(29)18-12-6-2-7-13-18)16-31-23(28)17-10-4-1-5-11-17/h1-15,20-21H,16H2,(H,26,27)/t20-,21-/m1/s1. The average Bonchev–Trinajstić information content (AvgIpc) is 2.86. The van der Waals surface area contributed by atoms with E-state index in [1.807, 2.05) is 0 Å². The molecule has 8 nitrogen and oxygen atoms in total. The van der Waals surface area contributed by atoms with Crippen LogP contribution < -0.4 is 0 Å². The molecule has 8 heteroatoms. The van der Waals surface area contributed by atoms with Crippen LogP contribution in [-0.2, 0) is 19.0 Å². The maximum absolute atomic E-state index is 12.6. The molecule has 0 saturated heterocycles. The number of aliphatic carboxylic acids is 1. The molecular weight excluding hydrogens is 428 g/mol. The van der Waals surface area contributed by atoms with Crippen molar-refractivity contribution in [3.8, 4) is 0 Å². The highest BCUT2D eigenvalue weighted by Gasteiger charge is 2.37. The largest absolute Gasteiger partial charge is 0.478 e. The minimum absolute atomic E-state index is 0.109. The summed E-state index contributed by atoms with van der Waals surface area (Å²) in [5, 5.41) is 9.70. The molecule has 0 unspecified atom stereocenters. The Balaban J connectivity index is 1.80. The fraction of sp³-hybridized carbons (Fsp3) is 0.120. The van der Waals surface area contributed by atoms with E-state index in [2.05, 4.69) is 0 Å². The number of hydrogen-bond acceptors (Lipinski definition) is 7. The monoisotopic (exact) mass is 448 g/mol. The summed E-state index contributed by atoms with van der Waals surface area (Å²) in [5.41, 5.74) is 0.479. The molecule has 3 aromatic carbocycles. The highest BCUT2D eigenvalue weighted by Crippen LogP contribution is 2.14. The maximum atomic E-state index is 12.6. The van der Waals surface area contributed by atoms with Crippen LogP contribution in [0.5, 0.6) is 0 Å². The predicted molar refractivity (Wildman–Crippen MR) is 116 cm³/mol. The lowest BCUT2D eigenvalue weighted by atomic mass is 10.1. The number of carboxylic acid groups (broad SMARTS) is 1. The van der Waals surface area contributed by atoms with Gasteiger partial charge in [-0.3, -0.25) is 0 Å². The molecular formula is C25H20O8. The van der Waals surface area contributed by atoms with Crippen LogP contribution in [0.1, 0.15) is 31.1 Å². The molecule has 0 aliphatic heterocycles. The van der Waals surface area contributed by atoms with Crippen molar-refractivity contribution < 1.29 is 38.5 Å². The van der Waals surface area contributed by atoms with Crippen molar-refractivity contribution in [1.29, 1.82) is 0 Å². The topological polar surface area (TPSA) is 116 Å². The van der Waals surface area contributed by atoms with E-state index in [1.54, 1.807) is 54.6 Å². The zero-order valence-corrected chi connectivity index (χ0v) is 17.3. The molecule has 1 N–H and O–H groups in total. The van der Waals surface area contributed by atoms with Gasteiger partial charge in [-0.25, -0.2) is 19.2 Å². The maximum Gasteiger partial charge on any atom is 0.349 e. The molecule has 0 aliphatic rings. The van der Waals surface area contributed by atoms with E-state index in [-0.39, 0.29) is 16.7 Å². The molecule has 2 atom stereocenters. The lowest BCUT2D eigenvalue weighted by Gasteiger charge is -2.24. The first-order valence-electron chi connectivity index (χ1n) is 9.92. The minimum Gasteiger partial charge on any atom is -0.478 e. The Labute approximate surface area is 189 Å². The van der Waals surface area contributed by atoms with Crippen LogP contribution in [-0.4, -0.2) is 47.8 Å². The molecule has 168 valence electrons. The van der Waals surface area contributed by atoms with E-state index >= 15 is 0 Å². The summed E-state index contributed by atoms with van der Waals surface area (Å²) in [6, 6.07) is 23.6. The molecule has 33 heavy (non-hydrogen) atoms. The van der Waals surface area contributed by atoms with Crippen molar-refractivity contribution in [3.63, 3.8) is 0 Å². The fourth-order valence-corrected chi connectivity index (χ4v) is 2.82. The quantitative estimate of drug-likeness (QED) is 0.391. The van der Waals surface area contributed by atoms with Crippen LogP contribution in [0.3, 0.4) is 0 Å². The van der Waals surface area contributed by atoms with Gasteiger partial charge >= 0.3 is 23.9 Å². The van der Waals surface area contributed by atoms with Crippen LogP contribution in [0.25, 0.3) is 0 Å². The van der Waals surface area contributed by atoms with Gasteiger partial charge in [0, 0.05) is 0 Å². The molecule has 0 bridgehead atoms. The van der Waals surface area contributed by atoms with Gasteiger partial charge in [-0.15, -0.1) is 0 Å². The number of hydrogen-bond donors (Lipinski definition) is 1. The van der Waals surface area contributed by atoms with Gasteiger partial charge in [0.2, 0.25) is 6.10 Å². The van der Waals surface area contributed by atoms with Crippen molar-refractivity contribution in [2.24, 2.45) is 0 Å². The van der Waals surface area contributed by atoms with E-state index < -0.39 is 42.7 Å². The second-order valence-corrected chi connectivity index (χ2v) is 6.80.